The fourth-order valence-corrected chi connectivity index (χ4v) is 2.83. The summed E-state index contributed by atoms with van der Waals surface area (Å²) < 4.78 is 25.3. The summed E-state index contributed by atoms with van der Waals surface area (Å²) in [5.74, 6) is -0.431. The topological polar surface area (TPSA) is 60.5 Å². The first kappa shape index (κ1) is 20.2. The van der Waals surface area contributed by atoms with Gasteiger partial charge in [-0.3, -0.25) is 4.79 Å². The van der Waals surface area contributed by atoms with Crippen molar-refractivity contribution in [2.24, 2.45) is 0 Å². The van der Waals surface area contributed by atoms with Crippen LogP contribution in [0.3, 0.4) is 0 Å². The molecule has 5 nitrogen and oxygen atoms in total. The molecule has 0 saturated carbocycles. The van der Waals surface area contributed by atoms with Crippen LogP contribution in [0, 0.1) is 12.7 Å². The van der Waals surface area contributed by atoms with Crippen LogP contribution in [0.4, 0.5) is 10.1 Å². The van der Waals surface area contributed by atoms with Crippen LogP contribution in [-0.2, 0) is 0 Å². The second kappa shape index (κ2) is 8.98. The summed E-state index contributed by atoms with van der Waals surface area (Å²) in [6.07, 6.45) is 3.26. The van der Waals surface area contributed by atoms with E-state index in [0.29, 0.717) is 11.4 Å². The summed E-state index contributed by atoms with van der Waals surface area (Å²) in [6.45, 7) is 5.78. The van der Waals surface area contributed by atoms with E-state index in [1.54, 1.807) is 12.3 Å². The van der Waals surface area contributed by atoms with E-state index >= 15 is 0 Å². The Morgan fingerprint density at radius 2 is 2.15 bits per heavy atom. The Morgan fingerprint density at radius 1 is 1.42 bits per heavy atom. The Balaban J connectivity index is 2.38. The first-order valence-corrected chi connectivity index (χ1v) is 9.13. The molecule has 1 amide bonds. The van der Waals surface area contributed by atoms with Gasteiger partial charge in [0.15, 0.2) is 0 Å². The standard InChI is InChI=1S/C19H22BrFN2O3/c1-5-6-12(3)26-16-10-14(20)15(21)9-13(16)18(24)23-17-11(2)7-8-22-19(17)25-4/h7-10,12H,5-6H2,1-4H3,(H,23,24)/t12-/m0/s1. The zero-order valence-corrected chi connectivity index (χ0v) is 16.8. The number of aromatic nitrogens is 1. The van der Waals surface area contributed by atoms with Gasteiger partial charge in [0, 0.05) is 6.20 Å². The van der Waals surface area contributed by atoms with Gasteiger partial charge in [-0.15, -0.1) is 0 Å². The van der Waals surface area contributed by atoms with Crippen LogP contribution in [0.2, 0.25) is 0 Å². The van der Waals surface area contributed by atoms with Crippen molar-refractivity contribution < 1.29 is 18.7 Å². The van der Waals surface area contributed by atoms with Crippen LogP contribution in [0.5, 0.6) is 11.6 Å². The highest BCUT2D eigenvalue weighted by Gasteiger charge is 2.20. The molecule has 2 rings (SSSR count). The van der Waals surface area contributed by atoms with E-state index in [-0.39, 0.29) is 22.0 Å². The van der Waals surface area contributed by atoms with E-state index in [1.165, 1.54) is 13.2 Å². The number of amides is 1. The van der Waals surface area contributed by atoms with E-state index in [4.69, 9.17) is 9.47 Å². The summed E-state index contributed by atoms with van der Waals surface area (Å²) in [5.41, 5.74) is 1.33. The largest absolute Gasteiger partial charge is 0.490 e. The number of methoxy groups -OCH3 is 1. The van der Waals surface area contributed by atoms with E-state index in [9.17, 15) is 9.18 Å². The number of ether oxygens (including phenoxy) is 2. The van der Waals surface area contributed by atoms with Crippen LogP contribution in [0.15, 0.2) is 28.9 Å². The Labute approximate surface area is 161 Å². The normalized spacial score (nSPS) is 11.8. The fraction of sp³-hybridized carbons (Fsp3) is 0.368. The molecule has 1 aromatic carbocycles. The first-order valence-electron chi connectivity index (χ1n) is 8.34. The maximum absolute atomic E-state index is 14.0. The molecule has 1 heterocycles. The zero-order valence-electron chi connectivity index (χ0n) is 15.2. The van der Waals surface area contributed by atoms with Crippen molar-refractivity contribution in [2.45, 2.75) is 39.7 Å². The average molecular weight is 425 g/mol. The predicted molar refractivity (Wildman–Crippen MR) is 103 cm³/mol. The molecule has 0 aliphatic heterocycles. The number of rotatable bonds is 7. The molecule has 140 valence electrons. The minimum absolute atomic E-state index is 0.0985. The van der Waals surface area contributed by atoms with Crippen molar-refractivity contribution in [2.75, 3.05) is 12.4 Å². The number of nitrogens with zero attached hydrogens (tertiary/aromatic N) is 1. The number of aryl methyl sites for hydroxylation is 1. The van der Waals surface area contributed by atoms with Gasteiger partial charge in [0.1, 0.15) is 17.3 Å². The number of carbonyl (C=O) groups is 1. The minimum atomic E-state index is -0.541. The van der Waals surface area contributed by atoms with Crippen LogP contribution in [0.25, 0.3) is 0 Å². The molecule has 1 N–H and O–H groups in total. The van der Waals surface area contributed by atoms with Gasteiger partial charge in [-0.05, 0) is 60.0 Å². The first-order chi connectivity index (χ1) is 12.4. The van der Waals surface area contributed by atoms with Gasteiger partial charge in [0.2, 0.25) is 5.88 Å². The lowest BCUT2D eigenvalue weighted by atomic mass is 10.1. The van der Waals surface area contributed by atoms with Gasteiger partial charge in [0.25, 0.3) is 5.91 Å². The molecule has 1 aromatic heterocycles. The highest BCUT2D eigenvalue weighted by atomic mass is 79.9. The molecule has 0 bridgehead atoms. The molecule has 1 atom stereocenters. The number of hydrogen-bond acceptors (Lipinski definition) is 4. The fourth-order valence-electron chi connectivity index (χ4n) is 2.51. The third kappa shape index (κ3) is 4.72. The van der Waals surface area contributed by atoms with Crippen LogP contribution < -0.4 is 14.8 Å². The van der Waals surface area contributed by atoms with Crippen molar-refractivity contribution in [1.29, 1.82) is 0 Å². The molecule has 0 saturated heterocycles. The van der Waals surface area contributed by atoms with Gasteiger partial charge in [-0.2, -0.15) is 0 Å². The highest BCUT2D eigenvalue weighted by Crippen LogP contribution is 2.31. The van der Waals surface area contributed by atoms with Gasteiger partial charge in [-0.25, -0.2) is 9.37 Å². The molecule has 26 heavy (non-hydrogen) atoms. The monoisotopic (exact) mass is 424 g/mol. The molecule has 0 aliphatic rings. The van der Waals surface area contributed by atoms with Gasteiger partial charge < -0.3 is 14.8 Å². The van der Waals surface area contributed by atoms with Crippen molar-refractivity contribution in [3.05, 3.63) is 45.8 Å². The van der Waals surface area contributed by atoms with Crippen molar-refractivity contribution in [3.8, 4) is 11.6 Å². The lowest BCUT2D eigenvalue weighted by Crippen LogP contribution is -2.18. The molecular weight excluding hydrogens is 403 g/mol. The van der Waals surface area contributed by atoms with Gasteiger partial charge in [0.05, 0.1) is 23.2 Å². The minimum Gasteiger partial charge on any atom is -0.490 e. The summed E-state index contributed by atoms with van der Waals surface area (Å²) in [7, 11) is 1.47. The van der Waals surface area contributed by atoms with Crippen LogP contribution in [0.1, 0.15) is 42.6 Å². The van der Waals surface area contributed by atoms with Crippen molar-refractivity contribution in [1.82, 2.24) is 4.98 Å². The number of carbonyl (C=O) groups excluding carboxylic acids is 1. The van der Waals surface area contributed by atoms with Crippen LogP contribution in [-0.4, -0.2) is 24.1 Å². The number of nitrogens with one attached hydrogen (secondary N) is 1. The summed E-state index contributed by atoms with van der Waals surface area (Å²) in [4.78, 5) is 16.9. The number of benzene rings is 1. The summed E-state index contributed by atoms with van der Waals surface area (Å²) in [6, 6.07) is 4.39. The summed E-state index contributed by atoms with van der Waals surface area (Å²) in [5, 5.41) is 2.75. The Kier molecular flexibility index (Phi) is 6.97. The summed E-state index contributed by atoms with van der Waals surface area (Å²) >= 11 is 3.14. The molecule has 7 heteroatoms. The quantitative estimate of drug-likeness (QED) is 0.669. The maximum atomic E-state index is 14.0. The van der Waals surface area contributed by atoms with E-state index < -0.39 is 11.7 Å². The zero-order chi connectivity index (χ0) is 19.3. The number of pyridine rings is 1. The second-order valence-electron chi connectivity index (χ2n) is 5.95. The van der Waals surface area contributed by atoms with Gasteiger partial charge in [-0.1, -0.05) is 13.3 Å². The number of anilines is 1. The van der Waals surface area contributed by atoms with Crippen molar-refractivity contribution >= 4 is 27.5 Å². The molecule has 0 spiro atoms. The molecule has 0 aliphatic carbocycles. The lowest BCUT2D eigenvalue weighted by molar-refractivity contribution is 0.101. The predicted octanol–water partition coefficient (Wildman–Crippen LogP) is 5.12. The third-order valence-electron chi connectivity index (χ3n) is 3.85. The van der Waals surface area contributed by atoms with Crippen molar-refractivity contribution in [3.63, 3.8) is 0 Å². The SMILES string of the molecule is CCC[C@H](C)Oc1cc(Br)c(F)cc1C(=O)Nc1c(C)ccnc1OC. The average Bonchev–Trinajstić information content (AvgIpc) is 2.59. The molecular formula is C19H22BrFN2O3. The smallest absolute Gasteiger partial charge is 0.259 e. The molecule has 0 radical (unpaired) electrons. The molecule has 2 aromatic rings. The highest BCUT2D eigenvalue weighted by molar-refractivity contribution is 9.10. The van der Waals surface area contributed by atoms with E-state index in [0.717, 1.165) is 24.5 Å². The Morgan fingerprint density at radius 3 is 2.81 bits per heavy atom. The molecule has 0 fully saturated rings. The van der Waals surface area contributed by atoms with Crippen LogP contribution >= 0.6 is 15.9 Å². The Hall–Kier alpha value is -2.15. The van der Waals surface area contributed by atoms with E-state index in [2.05, 4.69) is 26.2 Å². The molecule has 0 unspecified atom stereocenters. The number of hydrogen-bond donors (Lipinski definition) is 1. The second-order valence-corrected chi connectivity index (χ2v) is 6.80. The van der Waals surface area contributed by atoms with E-state index in [1.807, 2.05) is 20.8 Å². The van der Waals surface area contributed by atoms with Gasteiger partial charge >= 0.3 is 0 Å². The number of halogens is 2. The Bertz CT molecular complexity index is 799. The maximum Gasteiger partial charge on any atom is 0.259 e. The third-order valence-corrected chi connectivity index (χ3v) is 4.45. The lowest BCUT2D eigenvalue weighted by Gasteiger charge is -2.18.